The number of rotatable bonds is 7. The first-order valence-electron chi connectivity index (χ1n) is 7.52. The fourth-order valence-electron chi connectivity index (χ4n) is 2.21. The molecule has 0 bridgehead atoms. The van der Waals surface area contributed by atoms with Crippen LogP contribution in [0.15, 0.2) is 18.2 Å². The average molecular weight is 345 g/mol. The zero-order valence-electron chi connectivity index (χ0n) is 13.6. The lowest BCUT2D eigenvalue weighted by atomic mass is 10.1. The predicted molar refractivity (Wildman–Crippen MR) is 90.3 cm³/mol. The number of aryl methyl sites for hydroxylation is 1. The van der Waals surface area contributed by atoms with Gasteiger partial charge in [-0.3, -0.25) is 4.79 Å². The Morgan fingerprint density at radius 1 is 1.43 bits per heavy atom. The van der Waals surface area contributed by atoms with Crippen LogP contribution in [0.1, 0.15) is 11.1 Å². The third-order valence-corrected chi connectivity index (χ3v) is 3.44. The lowest BCUT2D eigenvalue weighted by Crippen LogP contribution is -2.47. The summed E-state index contributed by atoms with van der Waals surface area (Å²) in [6.45, 7) is 5.34. The third kappa shape index (κ3) is 6.35. The van der Waals surface area contributed by atoms with Crippen LogP contribution in [-0.2, 0) is 20.8 Å². The molecule has 1 fully saturated rings. The summed E-state index contributed by atoms with van der Waals surface area (Å²) >= 11 is 0. The fraction of sp³-hybridized carbons (Fsp3) is 0.562. The molecule has 130 valence electrons. The summed E-state index contributed by atoms with van der Waals surface area (Å²) in [5, 5.41) is 6.05. The summed E-state index contributed by atoms with van der Waals surface area (Å²) in [4.78, 5) is 12.1. The number of carbonyl (C=O) groups is 1. The number of carbonyl (C=O) groups excluding carboxylic acids is 1. The van der Waals surface area contributed by atoms with E-state index in [0.717, 1.165) is 23.4 Å². The van der Waals surface area contributed by atoms with Crippen LogP contribution in [0, 0.1) is 6.92 Å². The van der Waals surface area contributed by atoms with E-state index in [2.05, 4.69) is 10.6 Å². The van der Waals surface area contributed by atoms with Crippen LogP contribution in [0.5, 0.6) is 5.75 Å². The molecule has 23 heavy (non-hydrogen) atoms. The molecule has 0 spiro atoms. The number of benzene rings is 1. The molecule has 1 aliphatic heterocycles. The number of hydrogen-bond acceptors (Lipinski definition) is 5. The van der Waals surface area contributed by atoms with Crippen molar-refractivity contribution in [3.8, 4) is 5.75 Å². The second-order valence-corrected chi connectivity index (χ2v) is 5.23. The Labute approximate surface area is 143 Å². The van der Waals surface area contributed by atoms with E-state index in [1.165, 1.54) is 0 Å². The molecule has 0 radical (unpaired) electrons. The first-order chi connectivity index (χ1) is 10.7. The second kappa shape index (κ2) is 10.4. The Kier molecular flexibility index (Phi) is 8.94. The van der Waals surface area contributed by atoms with Crippen molar-refractivity contribution in [3.63, 3.8) is 0 Å². The third-order valence-electron chi connectivity index (χ3n) is 3.44. The van der Waals surface area contributed by atoms with Gasteiger partial charge in [0.2, 0.25) is 0 Å². The van der Waals surface area contributed by atoms with Crippen molar-refractivity contribution in [2.75, 3.05) is 40.0 Å². The van der Waals surface area contributed by atoms with Crippen LogP contribution in [0.3, 0.4) is 0 Å². The summed E-state index contributed by atoms with van der Waals surface area (Å²) < 4.78 is 16.1. The molecular weight excluding hydrogens is 320 g/mol. The SMILES string of the molecule is COCCOc1cc(C)ccc1CNC(=O)C1CNCCO1.Cl. The van der Waals surface area contributed by atoms with Gasteiger partial charge < -0.3 is 24.8 Å². The van der Waals surface area contributed by atoms with Crippen LogP contribution < -0.4 is 15.4 Å². The molecule has 1 aromatic rings. The topological polar surface area (TPSA) is 68.8 Å². The molecule has 0 saturated carbocycles. The molecule has 2 rings (SSSR count). The van der Waals surface area contributed by atoms with E-state index < -0.39 is 6.10 Å². The molecule has 1 heterocycles. The van der Waals surface area contributed by atoms with Crippen LogP contribution in [0.4, 0.5) is 0 Å². The van der Waals surface area contributed by atoms with E-state index in [1.807, 2.05) is 25.1 Å². The number of hydrogen-bond donors (Lipinski definition) is 2. The van der Waals surface area contributed by atoms with Crippen molar-refractivity contribution in [3.05, 3.63) is 29.3 Å². The van der Waals surface area contributed by atoms with E-state index in [0.29, 0.717) is 32.9 Å². The molecule has 0 aliphatic carbocycles. The molecule has 1 saturated heterocycles. The molecule has 1 atom stereocenters. The van der Waals surface area contributed by atoms with Crippen molar-refractivity contribution in [2.24, 2.45) is 0 Å². The molecule has 1 aromatic carbocycles. The fourth-order valence-corrected chi connectivity index (χ4v) is 2.21. The minimum absolute atomic E-state index is 0. The summed E-state index contributed by atoms with van der Waals surface area (Å²) in [6.07, 6.45) is -0.419. The van der Waals surface area contributed by atoms with Gasteiger partial charge in [0, 0.05) is 32.3 Å². The van der Waals surface area contributed by atoms with Crippen molar-refractivity contribution in [2.45, 2.75) is 19.6 Å². The van der Waals surface area contributed by atoms with Crippen molar-refractivity contribution >= 4 is 18.3 Å². The molecule has 6 nitrogen and oxygen atoms in total. The van der Waals surface area contributed by atoms with E-state index in [4.69, 9.17) is 14.2 Å². The highest BCUT2D eigenvalue weighted by atomic mass is 35.5. The Morgan fingerprint density at radius 3 is 2.96 bits per heavy atom. The Morgan fingerprint density at radius 2 is 2.26 bits per heavy atom. The molecule has 7 heteroatoms. The van der Waals surface area contributed by atoms with Gasteiger partial charge in [-0.15, -0.1) is 12.4 Å². The number of methoxy groups -OCH3 is 1. The van der Waals surface area contributed by atoms with Gasteiger partial charge in [-0.2, -0.15) is 0 Å². The first kappa shape index (κ1) is 19.7. The summed E-state index contributed by atoms with van der Waals surface area (Å²) in [6, 6.07) is 5.94. The average Bonchev–Trinajstić information content (AvgIpc) is 2.55. The molecule has 1 aliphatic rings. The van der Waals surface area contributed by atoms with Crippen LogP contribution in [0.2, 0.25) is 0 Å². The zero-order valence-corrected chi connectivity index (χ0v) is 14.4. The number of halogens is 1. The largest absolute Gasteiger partial charge is 0.491 e. The second-order valence-electron chi connectivity index (χ2n) is 5.23. The van der Waals surface area contributed by atoms with Gasteiger partial charge in [0.25, 0.3) is 5.91 Å². The highest BCUT2D eigenvalue weighted by Crippen LogP contribution is 2.20. The zero-order chi connectivity index (χ0) is 15.8. The van der Waals surface area contributed by atoms with Crippen molar-refractivity contribution in [1.29, 1.82) is 0 Å². The maximum Gasteiger partial charge on any atom is 0.250 e. The smallest absolute Gasteiger partial charge is 0.250 e. The quantitative estimate of drug-likeness (QED) is 0.724. The highest BCUT2D eigenvalue weighted by molar-refractivity contribution is 5.85. The predicted octanol–water partition coefficient (Wildman–Crippen LogP) is 1.05. The van der Waals surface area contributed by atoms with Gasteiger partial charge in [-0.1, -0.05) is 12.1 Å². The number of amides is 1. The van der Waals surface area contributed by atoms with Gasteiger partial charge >= 0.3 is 0 Å². The Balaban J connectivity index is 0.00000264. The molecule has 1 amide bonds. The lowest BCUT2D eigenvalue weighted by Gasteiger charge is -2.23. The van der Waals surface area contributed by atoms with Gasteiger partial charge in [0.1, 0.15) is 18.5 Å². The number of nitrogens with one attached hydrogen (secondary N) is 2. The minimum Gasteiger partial charge on any atom is -0.491 e. The van der Waals surface area contributed by atoms with Crippen LogP contribution >= 0.6 is 12.4 Å². The maximum absolute atomic E-state index is 12.1. The summed E-state index contributed by atoms with van der Waals surface area (Å²) in [5.41, 5.74) is 2.06. The number of ether oxygens (including phenoxy) is 3. The monoisotopic (exact) mass is 344 g/mol. The maximum atomic E-state index is 12.1. The normalized spacial score (nSPS) is 17.2. The van der Waals surface area contributed by atoms with Gasteiger partial charge in [0.15, 0.2) is 0 Å². The lowest BCUT2D eigenvalue weighted by molar-refractivity contribution is -0.134. The van der Waals surface area contributed by atoms with Crippen molar-refractivity contribution in [1.82, 2.24) is 10.6 Å². The van der Waals surface area contributed by atoms with E-state index >= 15 is 0 Å². The van der Waals surface area contributed by atoms with Crippen molar-refractivity contribution < 1.29 is 19.0 Å². The van der Waals surface area contributed by atoms with E-state index in [9.17, 15) is 4.79 Å². The molecule has 2 N–H and O–H groups in total. The van der Waals surface area contributed by atoms with E-state index in [-0.39, 0.29) is 18.3 Å². The van der Waals surface area contributed by atoms with Gasteiger partial charge in [-0.05, 0) is 18.6 Å². The van der Waals surface area contributed by atoms with Gasteiger partial charge in [0.05, 0.1) is 13.2 Å². The summed E-state index contributed by atoms with van der Waals surface area (Å²) in [7, 11) is 1.64. The molecule has 1 unspecified atom stereocenters. The molecule has 0 aromatic heterocycles. The standard InChI is InChI=1S/C16H24N2O4.ClH/c1-12-3-4-13(14(9-12)22-8-7-20-2)10-18-16(19)15-11-17-5-6-21-15;/h3-4,9,15,17H,5-8,10-11H2,1-2H3,(H,18,19);1H. The van der Waals surface area contributed by atoms with Crippen LogP contribution in [-0.4, -0.2) is 52.0 Å². The molecular formula is C16H25ClN2O4. The Hall–Kier alpha value is -1.34. The van der Waals surface area contributed by atoms with E-state index in [1.54, 1.807) is 7.11 Å². The minimum atomic E-state index is -0.419. The first-order valence-corrected chi connectivity index (χ1v) is 7.52. The van der Waals surface area contributed by atoms with Gasteiger partial charge in [-0.25, -0.2) is 0 Å². The number of morpholine rings is 1. The highest BCUT2D eigenvalue weighted by Gasteiger charge is 2.21. The Bertz CT molecular complexity index is 493. The summed E-state index contributed by atoms with van der Waals surface area (Å²) in [5.74, 6) is 0.677. The van der Waals surface area contributed by atoms with Crippen LogP contribution in [0.25, 0.3) is 0 Å².